The van der Waals surface area contributed by atoms with E-state index >= 15 is 0 Å². The van der Waals surface area contributed by atoms with Gasteiger partial charge in [-0.3, -0.25) is 0 Å². The zero-order valence-corrected chi connectivity index (χ0v) is 10.9. The number of aliphatic hydroxyl groups is 1. The highest BCUT2D eigenvalue weighted by molar-refractivity contribution is 5.75. The van der Waals surface area contributed by atoms with E-state index in [1.807, 2.05) is 20.8 Å². The van der Waals surface area contributed by atoms with Crippen LogP contribution in [0.3, 0.4) is 0 Å². The standard InChI is InChI=1S/C11H24N2O2/c1-9(2,3)12-8(14)13-10(4,5)11(6,7)15/h15H,1-7H3,(H2,12,13,14). The van der Waals surface area contributed by atoms with Crippen molar-refractivity contribution >= 4 is 6.03 Å². The largest absolute Gasteiger partial charge is 0.388 e. The van der Waals surface area contributed by atoms with E-state index in [0.717, 1.165) is 0 Å². The van der Waals surface area contributed by atoms with Gasteiger partial charge in [0.2, 0.25) is 0 Å². The van der Waals surface area contributed by atoms with Gasteiger partial charge in [0.05, 0.1) is 11.1 Å². The third-order valence-electron chi connectivity index (χ3n) is 2.44. The molecule has 3 N–H and O–H groups in total. The molecule has 0 spiro atoms. The van der Waals surface area contributed by atoms with Crippen LogP contribution in [0.25, 0.3) is 0 Å². The molecule has 0 rings (SSSR count). The summed E-state index contributed by atoms with van der Waals surface area (Å²) in [6.45, 7) is 12.6. The molecule has 4 nitrogen and oxygen atoms in total. The highest BCUT2D eigenvalue weighted by Gasteiger charge is 2.36. The fraction of sp³-hybridized carbons (Fsp3) is 0.909. The predicted octanol–water partition coefficient (Wildman–Crippen LogP) is 1.63. The first-order valence-corrected chi connectivity index (χ1v) is 5.18. The Kier molecular flexibility index (Phi) is 3.80. The Bertz CT molecular complexity index is 234. The molecule has 0 fully saturated rings. The van der Waals surface area contributed by atoms with Gasteiger partial charge < -0.3 is 15.7 Å². The Labute approximate surface area is 92.4 Å². The number of urea groups is 1. The molecule has 90 valence electrons. The van der Waals surface area contributed by atoms with Crippen LogP contribution in [0, 0.1) is 0 Å². The van der Waals surface area contributed by atoms with Crippen LogP contribution in [0.4, 0.5) is 4.79 Å². The molecule has 4 heteroatoms. The van der Waals surface area contributed by atoms with Gasteiger partial charge in [0, 0.05) is 5.54 Å². The average molecular weight is 216 g/mol. The number of hydrogen-bond acceptors (Lipinski definition) is 2. The van der Waals surface area contributed by atoms with Crippen LogP contribution in [-0.4, -0.2) is 27.8 Å². The second-order valence-electron chi connectivity index (χ2n) is 6.01. The summed E-state index contributed by atoms with van der Waals surface area (Å²) in [5, 5.41) is 15.4. The van der Waals surface area contributed by atoms with Crippen molar-refractivity contribution in [3.05, 3.63) is 0 Å². The second-order valence-corrected chi connectivity index (χ2v) is 6.01. The van der Waals surface area contributed by atoms with Gasteiger partial charge in [-0.1, -0.05) is 0 Å². The first-order chi connectivity index (χ1) is 6.35. The minimum Gasteiger partial charge on any atom is -0.388 e. The molecule has 0 aromatic heterocycles. The molecular weight excluding hydrogens is 192 g/mol. The molecule has 0 heterocycles. The van der Waals surface area contributed by atoms with E-state index in [1.165, 1.54) is 0 Å². The van der Waals surface area contributed by atoms with E-state index in [0.29, 0.717) is 0 Å². The van der Waals surface area contributed by atoms with Crippen molar-refractivity contribution in [2.24, 2.45) is 0 Å². The van der Waals surface area contributed by atoms with Crippen LogP contribution in [0.2, 0.25) is 0 Å². The smallest absolute Gasteiger partial charge is 0.315 e. The summed E-state index contributed by atoms with van der Waals surface area (Å²) in [5.74, 6) is 0. The quantitative estimate of drug-likeness (QED) is 0.657. The van der Waals surface area contributed by atoms with E-state index in [-0.39, 0.29) is 11.6 Å². The lowest BCUT2D eigenvalue weighted by atomic mass is 9.86. The molecule has 0 unspecified atom stereocenters. The zero-order valence-electron chi connectivity index (χ0n) is 10.9. The fourth-order valence-electron chi connectivity index (χ4n) is 0.809. The van der Waals surface area contributed by atoms with Crippen molar-refractivity contribution in [3.8, 4) is 0 Å². The Morgan fingerprint density at radius 1 is 0.933 bits per heavy atom. The number of rotatable bonds is 2. The van der Waals surface area contributed by atoms with E-state index in [2.05, 4.69) is 10.6 Å². The lowest BCUT2D eigenvalue weighted by Crippen LogP contribution is -2.61. The van der Waals surface area contributed by atoms with Gasteiger partial charge in [-0.15, -0.1) is 0 Å². The van der Waals surface area contributed by atoms with Crippen molar-refractivity contribution in [2.45, 2.75) is 65.1 Å². The van der Waals surface area contributed by atoms with Crippen LogP contribution in [0.5, 0.6) is 0 Å². The van der Waals surface area contributed by atoms with E-state index in [4.69, 9.17) is 0 Å². The molecule has 0 aliphatic carbocycles. The van der Waals surface area contributed by atoms with Crippen molar-refractivity contribution in [2.75, 3.05) is 0 Å². The Morgan fingerprint density at radius 3 is 1.60 bits per heavy atom. The van der Waals surface area contributed by atoms with Crippen molar-refractivity contribution in [3.63, 3.8) is 0 Å². The molecule has 0 aromatic carbocycles. The highest BCUT2D eigenvalue weighted by atomic mass is 16.3. The number of carbonyl (C=O) groups excluding carboxylic acids is 1. The van der Waals surface area contributed by atoms with Crippen LogP contribution in [0.15, 0.2) is 0 Å². The molecule has 2 amide bonds. The van der Waals surface area contributed by atoms with Gasteiger partial charge in [-0.2, -0.15) is 0 Å². The zero-order chi connectivity index (χ0) is 12.5. The first-order valence-electron chi connectivity index (χ1n) is 5.18. The molecular formula is C11H24N2O2. The van der Waals surface area contributed by atoms with Crippen molar-refractivity contribution in [1.82, 2.24) is 10.6 Å². The van der Waals surface area contributed by atoms with Gasteiger partial charge in [0.15, 0.2) is 0 Å². The predicted molar refractivity (Wildman–Crippen MR) is 61.8 cm³/mol. The monoisotopic (exact) mass is 216 g/mol. The molecule has 0 aromatic rings. The summed E-state index contributed by atoms with van der Waals surface area (Å²) >= 11 is 0. The highest BCUT2D eigenvalue weighted by Crippen LogP contribution is 2.20. The number of carbonyl (C=O) groups is 1. The van der Waals surface area contributed by atoms with Crippen LogP contribution in [0.1, 0.15) is 48.5 Å². The lowest BCUT2D eigenvalue weighted by Gasteiger charge is -2.38. The number of hydrogen-bond donors (Lipinski definition) is 3. The van der Waals surface area contributed by atoms with E-state index in [9.17, 15) is 9.90 Å². The minimum atomic E-state index is -0.970. The molecule has 0 aliphatic heterocycles. The molecule has 0 saturated carbocycles. The normalized spacial score (nSPS) is 13.6. The third-order valence-corrected chi connectivity index (χ3v) is 2.44. The maximum atomic E-state index is 11.6. The second kappa shape index (κ2) is 4.00. The Balaban J connectivity index is 4.43. The van der Waals surface area contributed by atoms with Crippen LogP contribution in [-0.2, 0) is 0 Å². The van der Waals surface area contributed by atoms with Crippen LogP contribution >= 0.6 is 0 Å². The summed E-state index contributed by atoms with van der Waals surface area (Å²) in [6, 6.07) is -0.269. The van der Waals surface area contributed by atoms with E-state index < -0.39 is 11.1 Å². The molecule has 0 atom stereocenters. The Hall–Kier alpha value is -0.770. The number of amides is 2. The Morgan fingerprint density at radius 2 is 1.33 bits per heavy atom. The molecule has 0 saturated heterocycles. The van der Waals surface area contributed by atoms with Gasteiger partial charge in [0.25, 0.3) is 0 Å². The molecule has 0 aliphatic rings. The summed E-state index contributed by atoms with van der Waals surface area (Å²) in [5.41, 5.74) is -1.93. The maximum Gasteiger partial charge on any atom is 0.315 e. The third kappa shape index (κ3) is 5.02. The lowest BCUT2D eigenvalue weighted by molar-refractivity contribution is 0.000682. The summed E-state index contributed by atoms with van der Waals surface area (Å²) in [4.78, 5) is 11.6. The SMILES string of the molecule is CC(C)(C)NC(=O)NC(C)(C)C(C)(C)O. The average Bonchev–Trinajstić information content (AvgIpc) is 1.75. The molecule has 0 bridgehead atoms. The maximum absolute atomic E-state index is 11.6. The fourth-order valence-corrected chi connectivity index (χ4v) is 0.809. The van der Waals surface area contributed by atoms with Gasteiger partial charge >= 0.3 is 6.03 Å². The van der Waals surface area contributed by atoms with Gasteiger partial charge in [-0.05, 0) is 48.5 Å². The first kappa shape index (κ1) is 14.2. The van der Waals surface area contributed by atoms with Gasteiger partial charge in [-0.25, -0.2) is 4.79 Å². The summed E-state index contributed by atoms with van der Waals surface area (Å²) in [6.07, 6.45) is 0. The minimum absolute atomic E-state index is 0.269. The summed E-state index contributed by atoms with van der Waals surface area (Å²) in [7, 11) is 0. The van der Waals surface area contributed by atoms with Gasteiger partial charge in [0.1, 0.15) is 0 Å². The molecule has 15 heavy (non-hydrogen) atoms. The molecule has 0 radical (unpaired) electrons. The van der Waals surface area contributed by atoms with Crippen LogP contribution < -0.4 is 10.6 Å². The topological polar surface area (TPSA) is 61.4 Å². The van der Waals surface area contributed by atoms with E-state index in [1.54, 1.807) is 27.7 Å². The van der Waals surface area contributed by atoms with Crippen molar-refractivity contribution < 1.29 is 9.90 Å². The number of nitrogens with one attached hydrogen (secondary N) is 2. The van der Waals surface area contributed by atoms with Crippen molar-refractivity contribution in [1.29, 1.82) is 0 Å². The summed E-state index contributed by atoms with van der Waals surface area (Å²) < 4.78 is 0.